The number of aryl methyl sites for hydroxylation is 1. The Labute approximate surface area is 205 Å². The fourth-order valence-corrected chi connectivity index (χ4v) is 3.63. The molecule has 2 N–H and O–H groups in total. The zero-order valence-corrected chi connectivity index (χ0v) is 19.5. The second-order valence-corrected chi connectivity index (χ2v) is 8.02. The molecule has 1 aliphatic heterocycles. The second kappa shape index (κ2) is 11.3. The molecule has 8 nitrogen and oxygen atoms in total. The quantitative estimate of drug-likeness (QED) is 0.254. The first-order chi connectivity index (χ1) is 17.3. The lowest BCUT2D eigenvalue weighted by Crippen LogP contribution is -2.37. The van der Waals surface area contributed by atoms with Crippen molar-refractivity contribution in [1.82, 2.24) is 15.0 Å². The first kappa shape index (κ1) is 25.3. The number of benzene rings is 1. The highest BCUT2D eigenvalue weighted by Crippen LogP contribution is 2.32. The minimum atomic E-state index is -4.42. The van der Waals surface area contributed by atoms with Crippen molar-refractivity contribution in [2.24, 2.45) is 5.10 Å². The maximum atomic E-state index is 14.2. The van der Waals surface area contributed by atoms with Gasteiger partial charge in [0, 0.05) is 18.8 Å². The van der Waals surface area contributed by atoms with Crippen molar-refractivity contribution in [3.05, 3.63) is 65.4 Å². The zero-order chi connectivity index (χ0) is 25.5. The van der Waals surface area contributed by atoms with E-state index < -0.39 is 17.6 Å². The van der Waals surface area contributed by atoms with Crippen LogP contribution in [0.2, 0.25) is 0 Å². The van der Waals surface area contributed by atoms with Gasteiger partial charge in [-0.25, -0.2) is 19.8 Å². The van der Waals surface area contributed by atoms with Crippen molar-refractivity contribution >= 4 is 29.4 Å². The van der Waals surface area contributed by atoms with Gasteiger partial charge in [-0.15, -0.1) is 0 Å². The highest BCUT2D eigenvalue weighted by atomic mass is 19.4. The van der Waals surface area contributed by atoms with Crippen LogP contribution in [0.15, 0.2) is 47.7 Å². The highest BCUT2D eigenvalue weighted by molar-refractivity contribution is 5.79. The molecule has 0 radical (unpaired) electrons. The van der Waals surface area contributed by atoms with Crippen molar-refractivity contribution in [3.8, 4) is 0 Å². The molecule has 1 saturated heterocycles. The van der Waals surface area contributed by atoms with Crippen LogP contribution in [0, 0.1) is 5.82 Å². The number of nitrogens with one attached hydrogen (secondary N) is 2. The van der Waals surface area contributed by atoms with Gasteiger partial charge in [0.15, 0.2) is 11.6 Å². The molecule has 0 bridgehead atoms. The number of nitrogens with zero attached hydrogens (tertiary/aromatic N) is 5. The van der Waals surface area contributed by atoms with Gasteiger partial charge < -0.3 is 15.0 Å². The van der Waals surface area contributed by atoms with Crippen LogP contribution < -0.4 is 15.6 Å². The van der Waals surface area contributed by atoms with Crippen LogP contribution >= 0.6 is 0 Å². The number of pyridine rings is 1. The van der Waals surface area contributed by atoms with Crippen LogP contribution in [0.3, 0.4) is 0 Å². The summed E-state index contributed by atoms with van der Waals surface area (Å²) in [6.45, 7) is 4.03. The van der Waals surface area contributed by atoms with E-state index in [1.807, 2.05) is 6.92 Å². The summed E-state index contributed by atoms with van der Waals surface area (Å²) >= 11 is 0. The van der Waals surface area contributed by atoms with E-state index in [1.54, 1.807) is 23.1 Å². The fraction of sp³-hybridized carbons (Fsp3) is 0.333. The monoisotopic (exact) mass is 503 g/mol. The van der Waals surface area contributed by atoms with E-state index in [2.05, 4.69) is 30.8 Å². The molecule has 4 rings (SSSR count). The third kappa shape index (κ3) is 6.45. The molecule has 0 atom stereocenters. The standard InChI is InChI=1S/C24H25F4N7O/c1-2-4-20-21(31-17-6-3-5-16(13-17)24(26,27)28)8-7-18(32-20)14-30-34-23-29-15-19(25)22(33-23)35-9-11-36-12-10-35/h3,5-8,13-15,31H,2,4,9-12H2,1H3,(H,29,33,34)/b30-14+. The summed E-state index contributed by atoms with van der Waals surface area (Å²) in [5.74, 6) is -0.216. The van der Waals surface area contributed by atoms with Crippen molar-refractivity contribution in [1.29, 1.82) is 0 Å². The van der Waals surface area contributed by atoms with Crippen LogP contribution in [0.1, 0.15) is 30.3 Å². The van der Waals surface area contributed by atoms with E-state index in [4.69, 9.17) is 4.74 Å². The minimum Gasteiger partial charge on any atom is -0.378 e. The molecule has 1 aliphatic rings. The molecule has 0 unspecified atom stereocenters. The topological polar surface area (TPSA) is 87.6 Å². The maximum Gasteiger partial charge on any atom is 0.416 e. The minimum absolute atomic E-state index is 0.130. The van der Waals surface area contributed by atoms with Crippen molar-refractivity contribution in [2.75, 3.05) is 41.9 Å². The molecule has 0 amide bonds. The van der Waals surface area contributed by atoms with Crippen molar-refractivity contribution < 1.29 is 22.3 Å². The summed E-state index contributed by atoms with van der Waals surface area (Å²) in [4.78, 5) is 14.5. The Balaban J connectivity index is 1.47. The predicted molar refractivity (Wildman–Crippen MR) is 129 cm³/mol. The van der Waals surface area contributed by atoms with Gasteiger partial charge in [-0.3, -0.25) is 0 Å². The number of hydrogen-bond donors (Lipinski definition) is 2. The SMILES string of the molecule is CCCc1nc(/C=N/Nc2ncc(F)c(N3CCOCC3)n2)ccc1Nc1cccc(C(F)(F)F)c1. The van der Waals surface area contributed by atoms with Crippen LogP contribution in [0.25, 0.3) is 0 Å². The first-order valence-corrected chi connectivity index (χ1v) is 11.4. The fourth-order valence-electron chi connectivity index (χ4n) is 3.63. The molecule has 1 aromatic carbocycles. The van der Waals surface area contributed by atoms with Gasteiger partial charge in [0.25, 0.3) is 0 Å². The van der Waals surface area contributed by atoms with E-state index in [0.29, 0.717) is 55.5 Å². The lowest BCUT2D eigenvalue weighted by atomic mass is 10.1. The Kier molecular flexibility index (Phi) is 7.93. The third-order valence-electron chi connectivity index (χ3n) is 5.35. The Bertz CT molecular complexity index is 1210. The van der Waals surface area contributed by atoms with Crippen molar-refractivity contribution in [2.45, 2.75) is 25.9 Å². The van der Waals surface area contributed by atoms with Gasteiger partial charge in [0.2, 0.25) is 5.95 Å². The van der Waals surface area contributed by atoms with E-state index in [-0.39, 0.29) is 11.8 Å². The summed E-state index contributed by atoms with van der Waals surface area (Å²) in [5, 5.41) is 7.14. The van der Waals surface area contributed by atoms with E-state index in [0.717, 1.165) is 24.8 Å². The third-order valence-corrected chi connectivity index (χ3v) is 5.35. The van der Waals surface area contributed by atoms with Crippen LogP contribution in [-0.2, 0) is 17.3 Å². The van der Waals surface area contributed by atoms with Gasteiger partial charge in [-0.05, 0) is 36.8 Å². The number of alkyl halides is 3. The van der Waals surface area contributed by atoms with E-state index in [9.17, 15) is 17.6 Å². The van der Waals surface area contributed by atoms with Crippen LogP contribution in [0.5, 0.6) is 0 Å². The first-order valence-electron chi connectivity index (χ1n) is 11.4. The summed E-state index contributed by atoms with van der Waals surface area (Å²) in [6.07, 6.45) is -0.472. The lowest BCUT2D eigenvalue weighted by Gasteiger charge is -2.27. The molecule has 0 saturated carbocycles. The normalized spacial score (nSPS) is 14.3. The average molecular weight is 504 g/mol. The van der Waals surface area contributed by atoms with Crippen molar-refractivity contribution in [3.63, 3.8) is 0 Å². The van der Waals surface area contributed by atoms with Crippen LogP contribution in [0.4, 0.5) is 40.7 Å². The average Bonchev–Trinajstić information content (AvgIpc) is 2.87. The summed E-state index contributed by atoms with van der Waals surface area (Å²) in [6, 6.07) is 8.43. The summed E-state index contributed by atoms with van der Waals surface area (Å²) in [7, 11) is 0. The Hall–Kier alpha value is -3.80. The van der Waals surface area contributed by atoms with Crippen LogP contribution in [-0.4, -0.2) is 47.5 Å². The Morgan fingerprint density at radius 3 is 2.69 bits per heavy atom. The molecular formula is C24H25F4N7O. The molecule has 2 aromatic heterocycles. The van der Waals surface area contributed by atoms with E-state index in [1.165, 1.54) is 12.3 Å². The molecule has 12 heteroatoms. The largest absolute Gasteiger partial charge is 0.416 e. The molecule has 1 fully saturated rings. The van der Waals surface area contributed by atoms with Gasteiger partial charge in [0.1, 0.15) is 0 Å². The molecular weight excluding hydrogens is 478 g/mol. The number of halogens is 4. The molecule has 0 spiro atoms. The number of anilines is 4. The number of aromatic nitrogens is 3. The van der Waals surface area contributed by atoms with E-state index >= 15 is 0 Å². The second-order valence-electron chi connectivity index (χ2n) is 8.02. The number of hydrogen-bond acceptors (Lipinski definition) is 8. The molecule has 36 heavy (non-hydrogen) atoms. The summed E-state index contributed by atoms with van der Waals surface area (Å²) in [5.41, 5.74) is 4.09. The smallest absolute Gasteiger partial charge is 0.378 e. The predicted octanol–water partition coefficient (Wildman–Crippen LogP) is 5.01. The van der Waals surface area contributed by atoms with Gasteiger partial charge in [-0.1, -0.05) is 19.4 Å². The number of morpholine rings is 1. The molecule has 3 heterocycles. The summed E-state index contributed by atoms with van der Waals surface area (Å²) < 4.78 is 58.6. The van der Waals surface area contributed by atoms with Gasteiger partial charge >= 0.3 is 6.18 Å². The van der Waals surface area contributed by atoms with Gasteiger partial charge in [-0.2, -0.15) is 23.3 Å². The molecule has 0 aliphatic carbocycles. The Morgan fingerprint density at radius 2 is 1.94 bits per heavy atom. The lowest BCUT2D eigenvalue weighted by molar-refractivity contribution is -0.137. The molecule has 3 aromatic rings. The zero-order valence-electron chi connectivity index (χ0n) is 19.5. The number of ether oxygens (including phenoxy) is 1. The number of rotatable bonds is 8. The van der Waals surface area contributed by atoms with Gasteiger partial charge in [0.05, 0.1) is 48.3 Å². The highest BCUT2D eigenvalue weighted by Gasteiger charge is 2.30. The Morgan fingerprint density at radius 1 is 1.14 bits per heavy atom. The molecule has 190 valence electrons. The number of hydrazone groups is 1. The maximum absolute atomic E-state index is 14.2.